The van der Waals surface area contributed by atoms with Crippen LogP contribution in [0.1, 0.15) is 48.9 Å². The number of benzene rings is 2. The van der Waals surface area contributed by atoms with Crippen LogP contribution in [0.2, 0.25) is 5.02 Å². The van der Waals surface area contributed by atoms with E-state index in [0.29, 0.717) is 30.3 Å². The number of nitrogens with zero attached hydrogens (tertiary/aromatic N) is 1. The third kappa shape index (κ3) is 8.23. The number of thioether (sulfide) groups is 1. The molecule has 0 fully saturated rings. The Labute approximate surface area is 195 Å². The van der Waals surface area contributed by atoms with Crippen LogP contribution >= 0.6 is 23.4 Å². The molecule has 1 N–H and O–H groups in total. The van der Waals surface area contributed by atoms with Gasteiger partial charge < -0.3 is 10.2 Å². The topological polar surface area (TPSA) is 49.4 Å². The van der Waals surface area contributed by atoms with Crippen LogP contribution in [0.15, 0.2) is 42.5 Å². The lowest BCUT2D eigenvalue weighted by Gasteiger charge is -2.30. The molecular weight excluding hydrogens is 428 g/mol. The van der Waals surface area contributed by atoms with E-state index in [1.54, 1.807) is 16.7 Å². The number of hydrogen-bond donors (Lipinski definition) is 1. The first-order valence-corrected chi connectivity index (χ1v) is 12.3. The number of aryl methyl sites for hydroxylation is 2. The lowest BCUT2D eigenvalue weighted by molar-refractivity contribution is -0.139. The maximum Gasteiger partial charge on any atom is 0.242 e. The van der Waals surface area contributed by atoms with Gasteiger partial charge in [0.2, 0.25) is 11.8 Å². The minimum atomic E-state index is -0.489. The van der Waals surface area contributed by atoms with Crippen LogP contribution < -0.4 is 5.32 Å². The van der Waals surface area contributed by atoms with Gasteiger partial charge in [0.25, 0.3) is 0 Å². The van der Waals surface area contributed by atoms with Crippen LogP contribution in [-0.4, -0.2) is 35.1 Å². The van der Waals surface area contributed by atoms with Crippen LogP contribution in [0.25, 0.3) is 0 Å². The summed E-state index contributed by atoms with van der Waals surface area (Å²) in [5.41, 5.74) is 4.63. The van der Waals surface area contributed by atoms with Crippen molar-refractivity contribution in [3.63, 3.8) is 0 Å². The van der Waals surface area contributed by atoms with Gasteiger partial charge in [-0.1, -0.05) is 66.9 Å². The minimum absolute atomic E-state index is 0.0252. The molecule has 0 bridgehead atoms. The average Bonchev–Trinajstić information content (AvgIpc) is 2.72. The van der Waals surface area contributed by atoms with Gasteiger partial charge in [0.1, 0.15) is 6.04 Å². The molecule has 0 heterocycles. The lowest BCUT2D eigenvalue weighted by Crippen LogP contribution is -2.49. The Morgan fingerprint density at radius 2 is 1.68 bits per heavy atom. The van der Waals surface area contributed by atoms with Crippen molar-refractivity contribution in [1.29, 1.82) is 0 Å². The molecule has 0 aromatic heterocycles. The molecule has 168 valence electrons. The van der Waals surface area contributed by atoms with Crippen molar-refractivity contribution in [1.82, 2.24) is 10.2 Å². The number of carbonyl (C=O) groups excluding carboxylic acids is 2. The minimum Gasteiger partial charge on any atom is -0.354 e. The second-order valence-corrected chi connectivity index (χ2v) is 9.27. The molecule has 2 aromatic carbocycles. The Bertz CT molecular complexity index is 850. The van der Waals surface area contributed by atoms with Crippen molar-refractivity contribution in [3.05, 3.63) is 69.7 Å². The molecule has 0 spiro atoms. The molecule has 31 heavy (non-hydrogen) atoms. The number of rotatable bonds is 11. The molecule has 1 atom stereocenters. The summed E-state index contributed by atoms with van der Waals surface area (Å²) in [7, 11) is 0. The summed E-state index contributed by atoms with van der Waals surface area (Å²) in [6.45, 7) is 9.13. The van der Waals surface area contributed by atoms with Crippen molar-refractivity contribution in [2.75, 3.05) is 12.3 Å². The van der Waals surface area contributed by atoms with Crippen molar-refractivity contribution in [2.24, 2.45) is 0 Å². The van der Waals surface area contributed by atoms with Crippen LogP contribution in [0.3, 0.4) is 0 Å². The average molecular weight is 461 g/mol. The summed E-state index contributed by atoms with van der Waals surface area (Å²) < 4.78 is 0. The number of halogens is 1. The number of hydrogen-bond acceptors (Lipinski definition) is 3. The van der Waals surface area contributed by atoms with Gasteiger partial charge >= 0.3 is 0 Å². The van der Waals surface area contributed by atoms with E-state index in [0.717, 1.165) is 17.7 Å². The van der Waals surface area contributed by atoms with Gasteiger partial charge in [-0.3, -0.25) is 9.59 Å². The van der Waals surface area contributed by atoms with E-state index in [-0.39, 0.29) is 11.8 Å². The summed E-state index contributed by atoms with van der Waals surface area (Å²) >= 11 is 7.60. The van der Waals surface area contributed by atoms with E-state index in [4.69, 9.17) is 11.6 Å². The summed E-state index contributed by atoms with van der Waals surface area (Å²) in [4.78, 5) is 27.7. The Kier molecular flexibility index (Phi) is 10.4. The maximum absolute atomic E-state index is 13.2. The number of nitrogens with one attached hydrogen (secondary N) is 1. The first-order chi connectivity index (χ1) is 14.8. The predicted octanol–water partition coefficient (Wildman–Crippen LogP) is 5.52. The molecule has 6 heteroatoms. The molecule has 0 aliphatic carbocycles. The van der Waals surface area contributed by atoms with Gasteiger partial charge in [-0.25, -0.2) is 0 Å². The molecule has 0 saturated carbocycles. The highest BCUT2D eigenvalue weighted by atomic mass is 35.5. The quantitative estimate of drug-likeness (QED) is 0.480. The highest BCUT2D eigenvalue weighted by molar-refractivity contribution is 7.99. The van der Waals surface area contributed by atoms with Crippen molar-refractivity contribution >= 4 is 35.2 Å². The standard InChI is InChI=1S/C25H33ClN2O2S/c1-5-11-27-25(30)23(6-2)28(15-20-7-9-22(26)10-8-20)24(29)17-31-16-21-13-18(3)12-19(4)14-21/h7-10,12-14,23H,5-6,11,15-17H2,1-4H3,(H,27,30)/t23-/m1/s1. The van der Waals surface area contributed by atoms with Crippen LogP contribution in [0.4, 0.5) is 0 Å². The zero-order valence-electron chi connectivity index (χ0n) is 18.9. The first-order valence-electron chi connectivity index (χ1n) is 10.8. The van der Waals surface area contributed by atoms with Crippen LogP contribution in [0.5, 0.6) is 0 Å². The fraction of sp³-hybridized carbons (Fsp3) is 0.440. The normalized spacial score (nSPS) is 11.8. The van der Waals surface area contributed by atoms with Crippen molar-refractivity contribution < 1.29 is 9.59 Å². The summed E-state index contributed by atoms with van der Waals surface area (Å²) in [6.07, 6.45) is 1.43. The molecular formula is C25H33ClN2O2S. The zero-order chi connectivity index (χ0) is 22.8. The van der Waals surface area contributed by atoms with Gasteiger partial charge in [0.15, 0.2) is 0 Å². The van der Waals surface area contributed by atoms with Crippen LogP contribution in [-0.2, 0) is 21.9 Å². The number of carbonyl (C=O) groups is 2. The molecule has 4 nitrogen and oxygen atoms in total. The van der Waals surface area contributed by atoms with Gasteiger partial charge in [-0.05, 0) is 49.9 Å². The van der Waals surface area contributed by atoms with E-state index in [1.165, 1.54) is 16.7 Å². The molecule has 2 amide bonds. The molecule has 2 rings (SSSR count). The largest absolute Gasteiger partial charge is 0.354 e. The Hall–Kier alpha value is -1.98. The predicted molar refractivity (Wildman–Crippen MR) is 131 cm³/mol. The van der Waals surface area contributed by atoms with E-state index < -0.39 is 6.04 Å². The lowest BCUT2D eigenvalue weighted by atomic mass is 10.1. The number of amides is 2. The monoisotopic (exact) mass is 460 g/mol. The van der Waals surface area contributed by atoms with Gasteiger partial charge in [0, 0.05) is 23.9 Å². The third-order valence-corrected chi connectivity index (χ3v) is 6.22. The summed E-state index contributed by atoms with van der Waals surface area (Å²) in [5, 5.41) is 3.60. The highest BCUT2D eigenvalue weighted by Gasteiger charge is 2.28. The molecule has 0 saturated heterocycles. The molecule has 0 radical (unpaired) electrons. The first kappa shape index (κ1) is 25.3. The SMILES string of the molecule is CCCNC(=O)[C@@H](CC)N(Cc1ccc(Cl)cc1)C(=O)CSCc1cc(C)cc(C)c1. The van der Waals surface area contributed by atoms with E-state index in [9.17, 15) is 9.59 Å². The van der Waals surface area contributed by atoms with Gasteiger partial charge in [-0.2, -0.15) is 0 Å². The summed E-state index contributed by atoms with van der Waals surface area (Å²) in [5.74, 6) is 0.980. The second kappa shape index (κ2) is 12.8. The zero-order valence-corrected chi connectivity index (χ0v) is 20.5. The smallest absolute Gasteiger partial charge is 0.242 e. The molecule has 0 aliphatic heterocycles. The van der Waals surface area contributed by atoms with Crippen LogP contribution in [0, 0.1) is 13.8 Å². The Balaban J connectivity index is 2.11. The Morgan fingerprint density at radius 1 is 1.03 bits per heavy atom. The maximum atomic E-state index is 13.2. The van der Waals surface area contributed by atoms with Crippen molar-refractivity contribution in [3.8, 4) is 0 Å². The molecule has 2 aromatic rings. The van der Waals surface area contributed by atoms with Gasteiger partial charge in [0.05, 0.1) is 5.75 Å². The molecule has 0 aliphatic rings. The van der Waals surface area contributed by atoms with E-state index >= 15 is 0 Å². The summed E-state index contributed by atoms with van der Waals surface area (Å²) in [6, 6.07) is 13.4. The van der Waals surface area contributed by atoms with E-state index in [1.807, 2.05) is 38.1 Å². The van der Waals surface area contributed by atoms with E-state index in [2.05, 4.69) is 37.4 Å². The van der Waals surface area contributed by atoms with Crippen molar-refractivity contribution in [2.45, 2.75) is 58.9 Å². The Morgan fingerprint density at radius 3 is 2.26 bits per heavy atom. The third-order valence-electron chi connectivity index (χ3n) is 4.98. The molecule has 0 unspecified atom stereocenters. The van der Waals surface area contributed by atoms with Gasteiger partial charge in [-0.15, -0.1) is 11.8 Å². The highest BCUT2D eigenvalue weighted by Crippen LogP contribution is 2.19. The fourth-order valence-electron chi connectivity index (χ4n) is 3.56. The fourth-order valence-corrected chi connectivity index (χ4v) is 4.53. The second-order valence-electron chi connectivity index (χ2n) is 7.85.